The molecule has 2 fully saturated rings. The Morgan fingerprint density at radius 3 is 2.59 bits per heavy atom. The molecule has 0 bridgehead atoms. The smallest absolute Gasteiger partial charge is 0.317 e. The second kappa shape index (κ2) is 10.8. The highest BCUT2D eigenvalue weighted by atomic mass is 32.1. The van der Waals surface area contributed by atoms with E-state index in [0.717, 1.165) is 38.0 Å². The van der Waals surface area contributed by atoms with Crippen LogP contribution in [0.3, 0.4) is 0 Å². The summed E-state index contributed by atoms with van der Waals surface area (Å²) in [6.45, 7) is 4.25. The van der Waals surface area contributed by atoms with Gasteiger partial charge in [-0.05, 0) is 50.4 Å². The molecule has 1 saturated carbocycles. The Balaban J connectivity index is 1.37. The number of urea groups is 1. The summed E-state index contributed by atoms with van der Waals surface area (Å²) in [5, 5.41) is 9.56. The van der Waals surface area contributed by atoms with E-state index < -0.39 is 0 Å². The summed E-state index contributed by atoms with van der Waals surface area (Å²) in [6, 6.07) is 3.84. The molecular formula is C23H32N6O2S. The van der Waals surface area contributed by atoms with Crippen molar-refractivity contribution in [3.63, 3.8) is 0 Å². The third-order valence-electron chi connectivity index (χ3n) is 6.23. The number of nitrogen functional groups attached to an aromatic ring is 1. The SMILES string of the molecule is Nc1cscc1NC(=O)c1ccc(CN(CCN2CCCC2)C(=O)NC2CCCC2)cn1. The van der Waals surface area contributed by atoms with Crippen molar-refractivity contribution in [2.45, 2.75) is 51.1 Å². The minimum absolute atomic E-state index is 0.00847. The molecule has 3 heterocycles. The van der Waals surface area contributed by atoms with Gasteiger partial charge in [-0.1, -0.05) is 18.9 Å². The molecule has 0 aromatic carbocycles. The third-order valence-corrected chi connectivity index (χ3v) is 6.99. The topological polar surface area (TPSA) is 104 Å². The van der Waals surface area contributed by atoms with Gasteiger partial charge in [0.05, 0.1) is 11.4 Å². The number of anilines is 2. The normalized spacial score (nSPS) is 16.9. The van der Waals surface area contributed by atoms with E-state index in [9.17, 15) is 9.59 Å². The van der Waals surface area contributed by atoms with Gasteiger partial charge in [0.1, 0.15) is 5.69 Å². The van der Waals surface area contributed by atoms with Gasteiger partial charge in [0.15, 0.2) is 0 Å². The number of carbonyl (C=O) groups is 2. The lowest BCUT2D eigenvalue weighted by atomic mass is 10.2. The van der Waals surface area contributed by atoms with Gasteiger partial charge in [-0.2, -0.15) is 0 Å². The van der Waals surface area contributed by atoms with Crippen molar-refractivity contribution in [3.05, 3.63) is 40.3 Å². The number of thiophene rings is 1. The van der Waals surface area contributed by atoms with E-state index in [2.05, 4.69) is 20.5 Å². The lowest BCUT2D eigenvalue weighted by Crippen LogP contribution is -2.46. The Morgan fingerprint density at radius 2 is 1.94 bits per heavy atom. The molecule has 0 radical (unpaired) electrons. The van der Waals surface area contributed by atoms with Crippen molar-refractivity contribution in [1.82, 2.24) is 20.1 Å². The minimum atomic E-state index is -0.300. The van der Waals surface area contributed by atoms with Crippen LogP contribution in [0.15, 0.2) is 29.1 Å². The number of hydrogen-bond donors (Lipinski definition) is 3. The first-order valence-electron chi connectivity index (χ1n) is 11.4. The number of hydrogen-bond acceptors (Lipinski definition) is 6. The summed E-state index contributed by atoms with van der Waals surface area (Å²) in [7, 11) is 0. The molecule has 2 aromatic rings. The van der Waals surface area contributed by atoms with E-state index in [0.29, 0.717) is 30.2 Å². The summed E-state index contributed by atoms with van der Waals surface area (Å²) < 4.78 is 0. The number of amides is 3. The maximum absolute atomic E-state index is 13.0. The summed E-state index contributed by atoms with van der Waals surface area (Å²) in [5.74, 6) is -0.300. The van der Waals surface area contributed by atoms with E-state index in [1.54, 1.807) is 23.0 Å². The van der Waals surface area contributed by atoms with Crippen LogP contribution in [0, 0.1) is 0 Å². The van der Waals surface area contributed by atoms with Crippen molar-refractivity contribution in [2.24, 2.45) is 0 Å². The van der Waals surface area contributed by atoms with E-state index in [1.165, 1.54) is 37.0 Å². The molecule has 1 aliphatic carbocycles. The largest absolute Gasteiger partial charge is 0.396 e. The van der Waals surface area contributed by atoms with Gasteiger partial charge >= 0.3 is 6.03 Å². The second-order valence-corrected chi connectivity index (χ2v) is 9.39. The average molecular weight is 457 g/mol. The zero-order valence-electron chi connectivity index (χ0n) is 18.4. The molecule has 0 atom stereocenters. The molecule has 0 unspecified atom stereocenters. The Bertz CT molecular complexity index is 903. The number of aromatic nitrogens is 1. The van der Waals surface area contributed by atoms with Gasteiger partial charge in [0, 0.05) is 42.6 Å². The zero-order valence-corrected chi connectivity index (χ0v) is 19.2. The second-order valence-electron chi connectivity index (χ2n) is 8.65. The zero-order chi connectivity index (χ0) is 22.3. The van der Waals surface area contributed by atoms with Crippen LogP contribution in [0.1, 0.15) is 54.6 Å². The highest BCUT2D eigenvalue weighted by molar-refractivity contribution is 7.09. The van der Waals surface area contributed by atoms with Gasteiger partial charge in [0.25, 0.3) is 5.91 Å². The Labute approximate surface area is 193 Å². The molecule has 1 aliphatic heterocycles. The first kappa shape index (κ1) is 22.5. The molecule has 3 amide bonds. The lowest BCUT2D eigenvalue weighted by Gasteiger charge is -2.27. The summed E-state index contributed by atoms with van der Waals surface area (Å²) in [6.07, 6.45) is 8.64. The van der Waals surface area contributed by atoms with Gasteiger partial charge in [-0.25, -0.2) is 4.79 Å². The standard InChI is InChI=1S/C23H32N6O2S/c24-19-15-32-16-21(19)27-22(30)20-8-7-17(13-25-20)14-29(12-11-28-9-3-4-10-28)23(31)26-18-5-1-2-6-18/h7-8,13,15-16,18H,1-6,9-12,14,24H2,(H,26,31)(H,27,30). The summed E-state index contributed by atoms with van der Waals surface area (Å²) >= 11 is 1.43. The van der Waals surface area contributed by atoms with Gasteiger partial charge in [-0.15, -0.1) is 11.3 Å². The molecule has 1 saturated heterocycles. The number of nitrogens with zero attached hydrogens (tertiary/aromatic N) is 3. The van der Waals surface area contributed by atoms with Crippen molar-refractivity contribution in [3.8, 4) is 0 Å². The van der Waals surface area contributed by atoms with Crippen LogP contribution >= 0.6 is 11.3 Å². The average Bonchev–Trinajstić information content (AvgIpc) is 3.56. The van der Waals surface area contributed by atoms with Crippen LogP contribution in [-0.4, -0.2) is 58.9 Å². The van der Waals surface area contributed by atoms with Crippen LogP contribution in [0.4, 0.5) is 16.2 Å². The maximum Gasteiger partial charge on any atom is 0.317 e. The number of likely N-dealkylation sites (tertiary alicyclic amines) is 1. The number of carbonyl (C=O) groups excluding carboxylic acids is 2. The fourth-order valence-corrected chi connectivity index (χ4v) is 5.00. The Morgan fingerprint density at radius 1 is 1.16 bits per heavy atom. The monoisotopic (exact) mass is 456 g/mol. The van der Waals surface area contributed by atoms with Crippen molar-refractivity contribution in [2.75, 3.05) is 37.2 Å². The van der Waals surface area contributed by atoms with E-state index in [4.69, 9.17) is 5.73 Å². The molecule has 4 N–H and O–H groups in total. The van der Waals surface area contributed by atoms with Crippen LogP contribution in [0.2, 0.25) is 0 Å². The van der Waals surface area contributed by atoms with Gasteiger partial charge in [0.2, 0.25) is 0 Å². The predicted octanol–water partition coefficient (Wildman–Crippen LogP) is 3.53. The van der Waals surface area contributed by atoms with E-state index in [-0.39, 0.29) is 18.0 Å². The van der Waals surface area contributed by atoms with Crippen molar-refractivity contribution >= 4 is 34.6 Å². The molecular weight excluding hydrogens is 424 g/mol. The van der Waals surface area contributed by atoms with E-state index in [1.807, 2.05) is 11.0 Å². The highest BCUT2D eigenvalue weighted by Gasteiger charge is 2.22. The molecule has 4 rings (SSSR count). The molecule has 172 valence electrons. The molecule has 9 heteroatoms. The van der Waals surface area contributed by atoms with Crippen LogP contribution < -0.4 is 16.4 Å². The van der Waals surface area contributed by atoms with Crippen LogP contribution in [0.5, 0.6) is 0 Å². The highest BCUT2D eigenvalue weighted by Crippen LogP contribution is 2.23. The van der Waals surface area contributed by atoms with E-state index >= 15 is 0 Å². The lowest BCUT2D eigenvalue weighted by molar-refractivity contribution is 0.102. The maximum atomic E-state index is 13.0. The number of pyridine rings is 1. The first-order valence-corrected chi connectivity index (χ1v) is 12.4. The molecule has 0 spiro atoms. The van der Waals surface area contributed by atoms with Crippen LogP contribution in [-0.2, 0) is 6.54 Å². The number of nitrogens with one attached hydrogen (secondary N) is 2. The predicted molar refractivity (Wildman–Crippen MR) is 128 cm³/mol. The number of rotatable bonds is 8. The summed E-state index contributed by atoms with van der Waals surface area (Å²) in [4.78, 5) is 34.1. The van der Waals surface area contributed by atoms with Crippen molar-refractivity contribution < 1.29 is 9.59 Å². The third kappa shape index (κ3) is 5.98. The Kier molecular flexibility index (Phi) is 7.59. The van der Waals surface area contributed by atoms with Gasteiger partial charge in [-0.3, -0.25) is 9.78 Å². The fraction of sp³-hybridized carbons (Fsp3) is 0.522. The van der Waals surface area contributed by atoms with Crippen molar-refractivity contribution in [1.29, 1.82) is 0 Å². The minimum Gasteiger partial charge on any atom is -0.396 e. The fourth-order valence-electron chi connectivity index (χ4n) is 4.32. The molecule has 8 nitrogen and oxygen atoms in total. The van der Waals surface area contributed by atoms with Crippen LogP contribution in [0.25, 0.3) is 0 Å². The molecule has 32 heavy (non-hydrogen) atoms. The number of nitrogens with two attached hydrogens (primary N) is 1. The Hall–Kier alpha value is -2.65. The van der Waals surface area contributed by atoms with Gasteiger partial charge < -0.3 is 26.2 Å². The summed E-state index contributed by atoms with van der Waals surface area (Å²) in [5.41, 5.74) is 8.20. The first-order chi connectivity index (χ1) is 15.6. The molecule has 2 aromatic heterocycles. The molecule has 2 aliphatic rings. The quantitative estimate of drug-likeness (QED) is 0.564.